The summed E-state index contributed by atoms with van der Waals surface area (Å²) in [7, 11) is -3.62. The Morgan fingerprint density at radius 1 is 0.853 bits per heavy atom. The lowest BCUT2D eigenvalue weighted by Crippen LogP contribution is -2.56. The van der Waals surface area contributed by atoms with E-state index >= 15 is 0 Å². The fourth-order valence-corrected chi connectivity index (χ4v) is 5.47. The molecular weight excluding hydrogens is 446 g/mol. The fourth-order valence-electron chi connectivity index (χ4n) is 5.05. The lowest BCUT2D eigenvalue weighted by molar-refractivity contribution is 0.0680. The van der Waals surface area contributed by atoms with Crippen molar-refractivity contribution in [2.24, 2.45) is 5.92 Å². The third-order valence-corrected chi connectivity index (χ3v) is 7.71. The molecular formula is C28H29NO4S. The summed E-state index contributed by atoms with van der Waals surface area (Å²) in [5.74, 6) is -0.0521. The molecule has 0 aliphatic carbocycles. The summed E-state index contributed by atoms with van der Waals surface area (Å²) >= 11 is 0. The van der Waals surface area contributed by atoms with Crippen molar-refractivity contribution in [2.45, 2.75) is 25.9 Å². The van der Waals surface area contributed by atoms with Gasteiger partial charge in [-0.25, -0.2) is 0 Å². The topological polar surface area (TPSA) is 75.6 Å². The van der Waals surface area contributed by atoms with Crippen LogP contribution in [0.15, 0.2) is 66.7 Å². The minimum absolute atomic E-state index is 0.0521. The first-order valence-corrected chi connectivity index (χ1v) is 13.3. The van der Waals surface area contributed by atoms with Crippen LogP contribution in [0.4, 0.5) is 0 Å². The predicted molar refractivity (Wildman–Crippen MR) is 140 cm³/mol. The average Bonchev–Trinajstić information content (AvgIpc) is 2.82. The first kappa shape index (κ1) is 23.0. The second-order valence-electron chi connectivity index (χ2n) is 9.50. The number of benzene rings is 5. The van der Waals surface area contributed by atoms with Crippen molar-refractivity contribution < 1.29 is 17.7 Å². The SMILES string of the molecule is CC(C)C(CO)(COS(C)(=O)=O)NCc1ccc2c3cccc4cccc(c5cccc1c52)c43. The highest BCUT2D eigenvalue weighted by Crippen LogP contribution is 2.41. The first-order valence-electron chi connectivity index (χ1n) is 11.5. The van der Waals surface area contributed by atoms with Crippen LogP contribution >= 0.6 is 0 Å². The molecule has 2 N–H and O–H groups in total. The Morgan fingerprint density at radius 2 is 1.41 bits per heavy atom. The number of nitrogens with one attached hydrogen (secondary N) is 1. The fraction of sp³-hybridized carbons (Fsp3) is 0.286. The number of hydrogen-bond donors (Lipinski definition) is 2. The van der Waals surface area contributed by atoms with E-state index in [0.29, 0.717) is 6.54 Å². The van der Waals surface area contributed by atoms with Crippen LogP contribution in [-0.4, -0.2) is 38.5 Å². The summed E-state index contributed by atoms with van der Waals surface area (Å²) in [5.41, 5.74) is 0.200. The summed E-state index contributed by atoms with van der Waals surface area (Å²) in [5, 5.41) is 23.5. The number of hydrogen-bond acceptors (Lipinski definition) is 5. The second kappa shape index (κ2) is 8.47. The van der Waals surface area contributed by atoms with E-state index in [1.54, 1.807) is 0 Å². The van der Waals surface area contributed by atoms with E-state index in [-0.39, 0.29) is 19.1 Å². The maximum Gasteiger partial charge on any atom is 0.264 e. The monoisotopic (exact) mass is 475 g/mol. The summed E-state index contributed by atoms with van der Waals surface area (Å²) < 4.78 is 28.4. The van der Waals surface area contributed by atoms with Crippen LogP contribution in [0.1, 0.15) is 19.4 Å². The molecule has 0 aliphatic rings. The van der Waals surface area contributed by atoms with Gasteiger partial charge in [0.1, 0.15) is 0 Å². The Bertz CT molecular complexity index is 1560. The minimum Gasteiger partial charge on any atom is -0.394 e. The third kappa shape index (κ3) is 3.81. The van der Waals surface area contributed by atoms with Crippen LogP contribution in [0.2, 0.25) is 0 Å². The maximum absolute atomic E-state index is 11.6. The van der Waals surface area contributed by atoms with Crippen molar-refractivity contribution in [1.29, 1.82) is 0 Å². The van der Waals surface area contributed by atoms with Crippen LogP contribution in [0.3, 0.4) is 0 Å². The van der Waals surface area contributed by atoms with Crippen molar-refractivity contribution in [3.05, 3.63) is 72.3 Å². The molecule has 6 heteroatoms. The molecule has 5 aromatic rings. The van der Waals surface area contributed by atoms with Crippen LogP contribution in [-0.2, 0) is 20.8 Å². The van der Waals surface area contributed by atoms with E-state index in [9.17, 15) is 13.5 Å². The molecule has 176 valence electrons. The Labute approximate surface area is 199 Å². The van der Waals surface area contributed by atoms with E-state index < -0.39 is 15.7 Å². The lowest BCUT2D eigenvalue weighted by atomic mass is 9.86. The van der Waals surface area contributed by atoms with Crippen LogP contribution in [0.25, 0.3) is 43.1 Å². The molecule has 0 bridgehead atoms. The molecule has 34 heavy (non-hydrogen) atoms. The summed E-state index contributed by atoms with van der Waals surface area (Å²) in [4.78, 5) is 0. The molecule has 0 fully saturated rings. The smallest absolute Gasteiger partial charge is 0.264 e. The van der Waals surface area contributed by atoms with Crippen molar-refractivity contribution in [2.75, 3.05) is 19.5 Å². The largest absolute Gasteiger partial charge is 0.394 e. The molecule has 5 aromatic carbocycles. The van der Waals surface area contributed by atoms with Gasteiger partial charge in [-0.3, -0.25) is 4.18 Å². The van der Waals surface area contributed by atoms with Gasteiger partial charge in [0, 0.05) is 6.54 Å². The highest BCUT2D eigenvalue weighted by Gasteiger charge is 2.34. The van der Waals surface area contributed by atoms with Crippen LogP contribution < -0.4 is 5.32 Å². The Balaban J connectivity index is 1.63. The molecule has 0 aliphatic heterocycles. The molecule has 0 spiro atoms. The maximum atomic E-state index is 11.6. The quantitative estimate of drug-likeness (QED) is 0.184. The Morgan fingerprint density at radius 3 is 2.00 bits per heavy atom. The zero-order valence-corrected chi connectivity index (χ0v) is 20.4. The molecule has 0 heterocycles. The Kier molecular flexibility index (Phi) is 5.73. The highest BCUT2D eigenvalue weighted by atomic mass is 32.2. The molecule has 0 radical (unpaired) electrons. The van der Waals surface area contributed by atoms with Crippen molar-refractivity contribution in [1.82, 2.24) is 5.32 Å². The van der Waals surface area contributed by atoms with E-state index in [2.05, 4.69) is 72.0 Å². The van der Waals surface area contributed by atoms with Gasteiger partial charge in [0.05, 0.1) is 25.0 Å². The van der Waals surface area contributed by atoms with Crippen molar-refractivity contribution in [3.63, 3.8) is 0 Å². The lowest BCUT2D eigenvalue weighted by Gasteiger charge is -2.36. The van der Waals surface area contributed by atoms with Gasteiger partial charge in [0.25, 0.3) is 10.1 Å². The third-order valence-electron chi connectivity index (χ3n) is 7.16. The molecule has 1 atom stereocenters. The van der Waals surface area contributed by atoms with Gasteiger partial charge in [0.2, 0.25) is 0 Å². The van der Waals surface area contributed by atoms with Gasteiger partial charge in [-0.2, -0.15) is 8.42 Å². The van der Waals surface area contributed by atoms with Crippen LogP contribution in [0, 0.1) is 5.92 Å². The van der Waals surface area contributed by atoms with E-state index in [0.717, 1.165) is 17.2 Å². The number of fused-ring (bicyclic) bond motifs is 2. The summed E-state index contributed by atoms with van der Waals surface area (Å²) in [6, 6.07) is 23.6. The zero-order chi connectivity index (χ0) is 24.1. The van der Waals surface area contributed by atoms with Gasteiger partial charge in [-0.05, 0) is 54.6 Å². The zero-order valence-electron chi connectivity index (χ0n) is 19.6. The van der Waals surface area contributed by atoms with E-state index in [1.165, 1.54) is 37.7 Å². The molecule has 0 saturated carbocycles. The van der Waals surface area contributed by atoms with E-state index in [1.807, 2.05) is 13.8 Å². The van der Waals surface area contributed by atoms with Crippen molar-refractivity contribution in [3.8, 4) is 0 Å². The summed E-state index contributed by atoms with van der Waals surface area (Å²) in [6.45, 7) is 4.00. The van der Waals surface area contributed by atoms with Gasteiger partial charge >= 0.3 is 0 Å². The number of aliphatic hydroxyl groups excluding tert-OH is 1. The molecule has 5 rings (SSSR count). The van der Waals surface area contributed by atoms with Crippen LogP contribution in [0.5, 0.6) is 0 Å². The number of aliphatic hydroxyl groups is 1. The predicted octanol–water partition coefficient (Wildman–Crippen LogP) is 5.19. The summed E-state index contributed by atoms with van der Waals surface area (Å²) in [6.07, 6.45) is 1.03. The molecule has 5 nitrogen and oxygen atoms in total. The minimum atomic E-state index is -3.62. The molecule has 1 unspecified atom stereocenters. The standard InChI is InChI=1S/C28H29NO4S/c1-18(2)28(16-30,17-33-34(3,31)32)29-15-20-13-14-25-23-11-5-8-19-7-4-10-22(26(19)23)24-12-6-9-21(20)27(24)25/h4-14,18,29-30H,15-17H2,1-3H3. The number of rotatable bonds is 8. The van der Waals surface area contributed by atoms with Gasteiger partial charge in [-0.1, -0.05) is 80.6 Å². The molecule has 0 amide bonds. The van der Waals surface area contributed by atoms with Crippen molar-refractivity contribution >= 4 is 53.2 Å². The average molecular weight is 476 g/mol. The normalized spacial score (nSPS) is 14.6. The first-order chi connectivity index (χ1) is 16.2. The Hall–Kier alpha value is -2.77. The van der Waals surface area contributed by atoms with Gasteiger partial charge < -0.3 is 10.4 Å². The van der Waals surface area contributed by atoms with E-state index in [4.69, 9.17) is 4.18 Å². The molecule has 0 aromatic heterocycles. The van der Waals surface area contributed by atoms with Gasteiger partial charge in [-0.15, -0.1) is 0 Å². The molecule has 0 saturated heterocycles. The second-order valence-corrected chi connectivity index (χ2v) is 11.1. The highest BCUT2D eigenvalue weighted by molar-refractivity contribution is 7.85. The van der Waals surface area contributed by atoms with Gasteiger partial charge in [0.15, 0.2) is 0 Å².